The molecule has 3 nitrogen and oxygen atoms in total. The van der Waals surface area contributed by atoms with Gasteiger partial charge < -0.3 is 15.5 Å². The summed E-state index contributed by atoms with van der Waals surface area (Å²) in [4.78, 5) is 0. The molecule has 1 atom stereocenters. The fraction of sp³-hybridized carbons (Fsp3) is 0.294. The van der Waals surface area contributed by atoms with Crippen molar-refractivity contribution in [2.75, 3.05) is 6.54 Å². The monoisotopic (exact) mass is 271 g/mol. The highest BCUT2D eigenvalue weighted by atomic mass is 16.3. The number of phenols is 1. The van der Waals surface area contributed by atoms with Crippen LogP contribution in [0.1, 0.15) is 28.4 Å². The summed E-state index contributed by atoms with van der Waals surface area (Å²) in [6.07, 6.45) is -0.539. The van der Waals surface area contributed by atoms with Crippen LogP contribution in [0.4, 0.5) is 0 Å². The topological polar surface area (TPSA) is 52.5 Å². The van der Waals surface area contributed by atoms with Crippen LogP contribution in [-0.4, -0.2) is 16.8 Å². The quantitative estimate of drug-likeness (QED) is 0.784. The predicted molar refractivity (Wildman–Crippen MR) is 80.7 cm³/mol. The highest BCUT2D eigenvalue weighted by Gasteiger charge is 2.07. The summed E-state index contributed by atoms with van der Waals surface area (Å²) in [5.74, 6) is 0.285. The van der Waals surface area contributed by atoms with E-state index in [0.29, 0.717) is 13.1 Å². The molecular weight excluding hydrogens is 250 g/mol. The highest BCUT2D eigenvalue weighted by Crippen LogP contribution is 2.18. The molecule has 20 heavy (non-hydrogen) atoms. The number of hydrogen-bond donors (Lipinski definition) is 3. The zero-order chi connectivity index (χ0) is 14.5. The molecule has 2 rings (SSSR count). The standard InChI is InChI=1S/C17H21NO2/c1-12-3-6-14(7-4-12)17(20)11-18-10-15-9-13(2)5-8-16(15)19/h3-9,17-20H,10-11H2,1-2H3. The van der Waals surface area contributed by atoms with Gasteiger partial charge in [0.1, 0.15) is 5.75 Å². The number of aryl methyl sites for hydroxylation is 2. The third-order valence-corrected chi connectivity index (χ3v) is 3.35. The molecule has 0 aliphatic heterocycles. The fourth-order valence-electron chi connectivity index (χ4n) is 2.11. The summed E-state index contributed by atoms with van der Waals surface area (Å²) in [5, 5.41) is 23.0. The maximum absolute atomic E-state index is 10.1. The highest BCUT2D eigenvalue weighted by molar-refractivity contribution is 5.35. The number of phenolic OH excluding ortho intramolecular Hbond substituents is 1. The van der Waals surface area contributed by atoms with Crippen LogP contribution in [0.5, 0.6) is 5.75 Å². The lowest BCUT2D eigenvalue weighted by Gasteiger charge is -2.13. The van der Waals surface area contributed by atoms with Crippen LogP contribution < -0.4 is 5.32 Å². The summed E-state index contributed by atoms with van der Waals surface area (Å²) in [6, 6.07) is 13.4. The first-order chi connectivity index (χ1) is 9.56. The number of rotatable bonds is 5. The second kappa shape index (κ2) is 6.55. The lowest BCUT2D eigenvalue weighted by atomic mass is 10.1. The van der Waals surface area contributed by atoms with Gasteiger partial charge in [0, 0.05) is 18.7 Å². The van der Waals surface area contributed by atoms with Crippen LogP contribution in [0, 0.1) is 13.8 Å². The summed E-state index contributed by atoms with van der Waals surface area (Å²) < 4.78 is 0. The Morgan fingerprint density at radius 1 is 1.00 bits per heavy atom. The molecule has 3 N–H and O–H groups in total. The van der Waals surface area contributed by atoms with Gasteiger partial charge in [-0.3, -0.25) is 0 Å². The molecule has 0 spiro atoms. The van der Waals surface area contributed by atoms with Gasteiger partial charge >= 0.3 is 0 Å². The molecule has 0 heterocycles. The van der Waals surface area contributed by atoms with Crippen LogP contribution >= 0.6 is 0 Å². The number of aliphatic hydroxyl groups is 1. The van der Waals surface area contributed by atoms with Crippen molar-refractivity contribution < 1.29 is 10.2 Å². The Morgan fingerprint density at radius 3 is 2.35 bits per heavy atom. The van der Waals surface area contributed by atoms with Crippen molar-refractivity contribution in [3.05, 3.63) is 64.7 Å². The summed E-state index contributed by atoms with van der Waals surface area (Å²) in [5.41, 5.74) is 4.04. The van der Waals surface area contributed by atoms with Crippen molar-refractivity contribution in [2.24, 2.45) is 0 Å². The van der Waals surface area contributed by atoms with Crippen molar-refractivity contribution in [1.29, 1.82) is 0 Å². The molecule has 0 fully saturated rings. The number of aliphatic hydroxyl groups excluding tert-OH is 1. The molecule has 2 aromatic rings. The molecule has 0 saturated heterocycles. The van der Waals surface area contributed by atoms with Crippen molar-refractivity contribution >= 4 is 0 Å². The molecular formula is C17H21NO2. The maximum atomic E-state index is 10.1. The zero-order valence-electron chi connectivity index (χ0n) is 11.9. The first-order valence-corrected chi connectivity index (χ1v) is 6.80. The van der Waals surface area contributed by atoms with E-state index in [4.69, 9.17) is 0 Å². The van der Waals surface area contributed by atoms with Crippen LogP contribution in [0.25, 0.3) is 0 Å². The van der Waals surface area contributed by atoms with Gasteiger partial charge in [-0.1, -0.05) is 47.5 Å². The first-order valence-electron chi connectivity index (χ1n) is 6.80. The van der Waals surface area contributed by atoms with Gasteiger partial charge in [0.2, 0.25) is 0 Å². The van der Waals surface area contributed by atoms with Gasteiger partial charge in [0.15, 0.2) is 0 Å². The number of aromatic hydroxyl groups is 1. The molecule has 0 radical (unpaired) electrons. The predicted octanol–water partition coefficient (Wildman–Crippen LogP) is 2.83. The Morgan fingerprint density at radius 2 is 1.65 bits per heavy atom. The van der Waals surface area contributed by atoms with E-state index in [2.05, 4.69) is 5.32 Å². The van der Waals surface area contributed by atoms with E-state index >= 15 is 0 Å². The maximum Gasteiger partial charge on any atom is 0.120 e. The molecule has 3 heteroatoms. The smallest absolute Gasteiger partial charge is 0.120 e. The van der Waals surface area contributed by atoms with Gasteiger partial charge in [-0.2, -0.15) is 0 Å². The van der Waals surface area contributed by atoms with E-state index < -0.39 is 6.10 Å². The second-order valence-electron chi connectivity index (χ2n) is 5.19. The van der Waals surface area contributed by atoms with E-state index in [1.54, 1.807) is 6.07 Å². The third-order valence-electron chi connectivity index (χ3n) is 3.35. The van der Waals surface area contributed by atoms with E-state index in [-0.39, 0.29) is 5.75 Å². The average Bonchev–Trinajstić information content (AvgIpc) is 2.43. The molecule has 106 valence electrons. The van der Waals surface area contributed by atoms with E-state index in [1.807, 2.05) is 50.2 Å². The van der Waals surface area contributed by atoms with Gasteiger partial charge in [-0.25, -0.2) is 0 Å². The Balaban J connectivity index is 1.89. The molecule has 0 saturated carbocycles. The van der Waals surface area contributed by atoms with Crippen LogP contribution in [0.2, 0.25) is 0 Å². The summed E-state index contributed by atoms with van der Waals surface area (Å²) in [7, 11) is 0. The van der Waals surface area contributed by atoms with Crippen molar-refractivity contribution in [3.8, 4) is 5.75 Å². The molecule has 0 aliphatic carbocycles. The largest absolute Gasteiger partial charge is 0.508 e. The molecule has 0 amide bonds. The third kappa shape index (κ3) is 3.83. The van der Waals surface area contributed by atoms with Crippen LogP contribution in [0.3, 0.4) is 0 Å². The molecule has 0 aliphatic rings. The second-order valence-corrected chi connectivity index (χ2v) is 5.19. The van der Waals surface area contributed by atoms with Crippen molar-refractivity contribution in [3.63, 3.8) is 0 Å². The van der Waals surface area contributed by atoms with Gasteiger partial charge in [-0.15, -0.1) is 0 Å². The normalized spacial score (nSPS) is 12.3. The Hall–Kier alpha value is -1.84. The van der Waals surface area contributed by atoms with Crippen LogP contribution in [-0.2, 0) is 6.54 Å². The minimum Gasteiger partial charge on any atom is -0.508 e. The lowest BCUT2D eigenvalue weighted by Crippen LogP contribution is -2.21. The number of nitrogens with one attached hydrogen (secondary N) is 1. The minimum atomic E-state index is -0.539. The Bertz CT molecular complexity index is 564. The Kier molecular flexibility index (Phi) is 4.77. The number of benzene rings is 2. The lowest BCUT2D eigenvalue weighted by molar-refractivity contribution is 0.174. The molecule has 0 aromatic heterocycles. The minimum absolute atomic E-state index is 0.285. The fourth-order valence-corrected chi connectivity index (χ4v) is 2.11. The number of hydrogen-bond acceptors (Lipinski definition) is 3. The SMILES string of the molecule is Cc1ccc(C(O)CNCc2cc(C)ccc2O)cc1. The van der Waals surface area contributed by atoms with Gasteiger partial charge in [0.05, 0.1) is 6.10 Å². The van der Waals surface area contributed by atoms with Gasteiger partial charge in [0.25, 0.3) is 0 Å². The zero-order valence-corrected chi connectivity index (χ0v) is 11.9. The van der Waals surface area contributed by atoms with Crippen LogP contribution in [0.15, 0.2) is 42.5 Å². The molecule has 2 aromatic carbocycles. The Labute approximate surface area is 119 Å². The summed E-state index contributed by atoms with van der Waals surface area (Å²) >= 11 is 0. The van der Waals surface area contributed by atoms with E-state index in [1.165, 1.54) is 5.56 Å². The first kappa shape index (κ1) is 14.6. The van der Waals surface area contributed by atoms with Crippen molar-refractivity contribution in [2.45, 2.75) is 26.5 Å². The van der Waals surface area contributed by atoms with Gasteiger partial charge in [-0.05, 0) is 25.5 Å². The van der Waals surface area contributed by atoms with Crippen molar-refractivity contribution in [1.82, 2.24) is 5.32 Å². The van der Waals surface area contributed by atoms with E-state index in [0.717, 1.165) is 16.7 Å². The summed E-state index contributed by atoms with van der Waals surface area (Å²) in [6.45, 7) is 5.01. The molecule has 0 bridgehead atoms. The average molecular weight is 271 g/mol. The molecule has 1 unspecified atom stereocenters. The van der Waals surface area contributed by atoms with E-state index in [9.17, 15) is 10.2 Å².